The number of phenols is 2. The van der Waals surface area contributed by atoms with Gasteiger partial charge in [-0.05, 0) is 26.2 Å². The molecule has 1 fully saturated rings. The highest BCUT2D eigenvalue weighted by atomic mass is 35.5. The first kappa shape index (κ1) is 24.3. The summed E-state index contributed by atoms with van der Waals surface area (Å²) in [6, 6.07) is 6.27. The van der Waals surface area contributed by atoms with Gasteiger partial charge in [-0.25, -0.2) is 0 Å². The Morgan fingerprint density at radius 2 is 1.65 bits per heavy atom. The van der Waals surface area contributed by atoms with E-state index in [1.807, 2.05) is 0 Å². The lowest BCUT2D eigenvalue weighted by atomic mass is 9.74. The predicted molar refractivity (Wildman–Crippen MR) is 122 cm³/mol. The third-order valence-corrected chi connectivity index (χ3v) is 6.83. The van der Waals surface area contributed by atoms with Gasteiger partial charge in [-0.1, -0.05) is 24.3 Å². The van der Waals surface area contributed by atoms with Gasteiger partial charge < -0.3 is 24.8 Å². The fourth-order valence-electron chi connectivity index (χ4n) is 5.08. The molecule has 34 heavy (non-hydrogen) atoms. The molecule has 0 aromatic heterocycles. The van der Waals surface area contributed by atoms with Crippen molar-refractivity contribution in [1.82, 2.24) is 0 Å². The minimum atomic E-state index is -0.834. The van der Waals surface area contributed by atoms with Crippen LogP contribution in [0.1, 0.15) is 75.3 Å². The molecule has 0 bridgehead atoms. The zero-order chi connectivity index (χ0) is 23.4. The number of phenolic OH excluding ortho intramolecular Hbond substituents is 2. The maximum absolute atomic E-state index is 13.2. The lowest BCUT2D eigenvalue weighted by molar-refractivity contribution is -0.213. The van der Waals surface area contributed by atoms with Gasteiger partial charge in [0.25, 0.3) is 0 Å². The summed E-state index contributed by atoms with van der Waals surface area (Å²) < 4.78 is 11.6. The van der Waals surface area contributed by atoms with Gasteiger partial charge in [0.1, 0.15) is 17.3 Å². The van der Waals surface area contributed by atoms with E-state index >= 15 is 0 Å². The number of fused-ring (bicyclic) bond motifs is 3. The van der Waals surface area contributed by atoms with E-state index in [0.717, 1.165) is 0 Å². The Morgan fingerprint density at radius 1 is 1.03 bits per heavy atom. The average Bonchev–Trinajstić information content (AvgIpc) is 2.80. The Bertz CT molecular complexity index is 1180. The Morgan fingerprint density at radius 3 is 2.21 bits per heavy atom. The Balaban J connectivity index is 0.00000274. The molecule has 0 radical (unpaired) electrons. The number of benzene rings is 2. The fourth-order valence-corrected chi connectivity index (χ4v) is 5.08. The van der Waals surface area contributed by atoms with Gasteiger partial charge >= 0.3 is 0 Å². The van der Waals surface area contributed by atoms with Gasteiger partial charge in [0.2, 0.25) is 0 Å². The molecular weight excluding hydrogens is 464 g/mol. The summed E-state index contributed by atoms with van der Waals surface area (Å²) in [7, 11) is 0. The van der Waals surface area contributed by atoms with E-state index in [-0.39, 0.29) is 71.0 Å². The summed E-state index contributed by atoms with van der Waals surface area (Å²) >= 11 is 0. The SMILES string of the molecule is CC(=O)C1Cc2c(O)c3c(c(O)c2[C@@H](OC2CC[C@H](O)CO2)C1)C(=O)c1ccccc1C3=O.Cl. The largest absolute Gasteiger partial charge is 0.507 e. The van der Waals surface area contributed by atoms with Crippen molar-refractivity contribution in [2.45, 2.75) is 51.1 Å². The highest BCUT2D eigenvalue weighted by molar-refractivity contribution is 6.30. The number of aliphatic hydroxyl groups excluding tert-OH is 1. The van der Waals surface area contributed by atoms with Crippen LogP contribution in [0.2, 0.25) is 0 Å². The van der Waals surface area contributed by atoms with Crippen LogP contribution >= 0.6 is 12.4 Å². The summed E-state index contributed by atoms with van der Waals surface area (Å²) in [5, 5.41) is 32.1. The van der Waals surface area contributed by atoms with Crippen molar-refractivity contribution in [3.8, 4) is 11.5 Å². The van der Waals surface area contributed by atoms with Crippen LogP contribution in [0.3, 0.4) is 0 Å². The quantitative estimate of drug-likeness (QED) is 0.479. The Hall–Kier alpha value is -2.78. The molecule has 9 heteroatoms. The van der Waals surface area contributed by atoms with E-state index in [4.69, 9.17) is 9.47 Å². The fraction of sp³-hybridized carbons (Fsp3) is 0.400. The maximum atomic E-state index is 13.2. The Labute approximate surface area is 201 Å². The van der Waals surface area contributed by atoms with Crippen LogP contribution in [0.4, 0.5) is 0 Å². The molecular formula is C25H25ClO8. The number of hydrogen-bond donors (Lipinski definition) is 3. The topological polar surface area (TPSA) is 130 Å². The maximum Gasteiger partial charge on any atom is 0.198 e. The van der Waals surface area contributed by atoms with Crippen molar-refractivity contribution < 1.29 is 39.2 Å². The third kappa shape index (κ3) is 3.80. The van der Waals surface area contributed by atoms with E-state index in [1.54, 1.807) is 12.1 Å². The summed E-state index contributed by atoms with van der Waals surface area (Å²) in [4.78, 5) is 38.7. The zero-order valence-electron chi connectivity index (χ0n) is 18.4. The van der Waals surface area contributed by atoms with Crippen molar-refractivity contribution in [3.05, 3.63) is 57.6 Å². The molecule has 1 heterocycles. The molecule has 2 aromatic rings. The highest BCUT2D eigenvalue weighted by Crippen LogP contribution is 2.51. The van der Waals surface area contributed by atoms with E-state index in [9.17, 15) is 29.7 Å². The normalized spacial score (nSPS) is 25.6. The molecule has 0 spiro atoms. The van der Waals surface area contributed by atoms with E-state index in [2.05, 4.69) is 0 Å². The van der Waals surface area contributed by atoms with Crippen LogP contribution in [-0.4, -0.2) is 51.7 Å². The molecule has 8 nitrogen and oxygen atoms in total. The minimum absolute atomic E-state index is 0. The molecule has 0 amide bonds. The minimum Gasteiger partial charge on any atom is -0.507 e. The smallest absolute Gasteiger partial charge is 0.198 e. The number of ketones is 3. The number of carbonyl (C=O) groups is 3. The average molecular weight is 489 g/mol. The molecule has 3 aliphatic rings. The second kappa shape index (κ2) is 9.11. The van der Waals surface area contributed by atoms with Gasteiger partial charge in [0.05, 0.1) is 29.9 Å². The molecule has 2 aromatic carbocycles. The summed E-state index contributed by atoms with van der Waals surface area (Å²) in [6.07, 6.45) is -0.848. The monoisotopic (exact) mass is 488 g/mol. The van der Waals surface area contributed by atoms with Gasteiger partial charge in [-0.2, -0.15) is 0 Å². The number of hydrogen-bond acceptors (Lipinski definition) is 8. The van der Waals surface area contributed by atoms with Crippen LogP contribution < -0.4 is 0 Å². The molecule has 1 saturated heterocycles. The van der Waals surface area contributed by atoms with Crippen molar-refractivity contribution >= 4 is 29.8 Å². The second-order valence-electron chi connectivity index (χ2n) is 8.91. The third-order valence-electron chi connectivity index (χ3n) is 6.83. The summed E-state index contributed by atoms with van der Waals surface area (Å²) in [5.41, 5.74) is 0.271. The number of Topliss-reactive ketones (excluding diaryl/α,β-unsaturated/α-hetero) is 1. The molecule has 3 N–H and O–H groups in total. The van der Waals surface area contributed by atoms with E-state index in [0.29, 0.717) is 12.8 Å². The Kier molecular flexibility index (Phi) is 6.52. The number of ether oxygens (including phenoxy) is 2. The lowest BCUT2D eigenvalue weighted by Gasteiger charge is -2.36. The van der Waals surface area contributed by atoms with Crippen LogP contribution in [0, 0.1) is 5.92 Å². The number of aliphatic hydroxyl groups is 1. The molecule has 2 aliphatic carbocycles. The first-order chi connectivity index (χ1) is 15.8. The van der Waals surface area contributed by atoms with E-state index < -0.39 is 47.5 Å². The lowest BCUT2D eigenvalue weighted by Crippen LogP contribution is -2.35. The first-order valence-corrected chi connectivity index (χ1v) is 11.0. The number of carbonyl (C=O) groups excluding carboxylic acids is 3. The van der Waals surface area contributed by atoms with Gasteiger partial charge in [0.15, 0.2) is 17.9 Å². The van der Waals surface area contributed by atoms with Crippen LogP contribution in [0.15, 0.2) is 24.3 Å². The highest BCUT2D eigenvalue weighted by Gasteiger charge is 2.43. The van der Waals surface area contributed by atoms with Gasteiger partial charge in [-0.3, -0.25) is 14.4 Å². The molecule has 2 unspecified atom stereocenters. The van der Waals surface area contributed by atoms with Gasteiger partial charge in [-0.15, -0.1) is 12.4 Å². The molecule has 180 valence electrons. The molecule has 5 rings (SSSR count). The molecule has 0 saturated carbocycles. The molecule has 1 aliphatic heterocycles. The van der Waals surface area contributed by atoms with Crippen LogP contribution in [0.5, 0.6) is 11.5 Å². The summed E-state index contributed by atoms with van der Waals surface area (Å²) in [5.74, 6) is -2.53. The standard InChI is InChI=1S/C25H24O8.ClH/c1-11(26)12-8-16-19(17(9-12)33-18-7-6-13(27)10-32-18)25(31)21-20(24(16)30)22(28)14-4-2-3-5-15(14)23(21)29;/h2-5,12-13,17-18,27,30-31H,6-10H2,1H3;1H/t12?,13-,17-,18?;/m0./s1. The van der Waals surface area contributed by atoms with Crippen molar-refractivity contribution in [2.75, 3.05) is 6.61 Å². The van der Waals surface area contributed by atoms with Crippen LogP contribution in [-0.2, 0) is 20.7 Å². The zero-order valence-corrected chi connectivity index (χ0v) is 19.3. The van der Waals surface area contributed by atoms with Crippen molar-refractivity contribution in [2.24, 2.45) is 5.92 Å². The van der Waals surface area contributed by atoms with E-state index in [1.165, 1.54) is 19.1 Å². The van der Waals surface area contributed by atoms with Crippen molar-refractivity contribution in [1.29, 1.82) is 0 Å². The van der Waals surface area contributed by atoms with Crippen LogP contribution in [0.25, 0.3) is 0 Å². The molecule has 4 atom stereocenters. The first-order valence-electron chi connectivity index (χ1n) is 11.0. The number of halogens is 1. The van der Waals surface area contributed by atoms with Gasteiger partial charge in [0, 0.05) is 34.6 Å². The summed E-state index contributed by atoms with van der Waals surface area (Å²) in [6.45, 7) is 1.55. The number of aromatic hydroxyl groups is 2. The second-order valence-corrected chi connectivity index (χ2v) is 8.91. The predicted octanol–water partition coefficient (Wildman–Crippen LogP) is 3.00. The number of rotatable bonds is 3. The van der Waals surface area contributed by atoms with Crippen molar-refractivity contribution in [3.63, 3.8) is 0 Å².